The Balaban J connectivity index is 2.27. The van der Waals surface area contributed by atoms with Crippen molar-refractivity contribution in [3.05, 3.63) is 39.5 Å². The normalized spacial score (nSPS) is 11.6. The van der Waals surface area contributed by atoms with E-state index in [0.29, 0.717) is 16.7 Å². The molecule has 6 heteroatoms. The molecule has 0 spiro atoms. The van der Waals surface area contributed by atoms with E-state index in [-0.39, 0.29) is 4.84 Å². The molecule has 2 aromatic rings. The van der Waals surface area contributed by atoms with Crippen molar-refractivity contribution in [3.63, 3.8) is 0 Å². The van der Waals surface area contributed by atoms with Gasteiger partial charge in [-0.3, -0.25) is 0 Å². The van der Waals surface area contributed by atoms with Crippen LogP contribution in [0.4, 0.5) is 0 Å². The lowest BCUT2D eigenvalue weighted by molar-refractivity contribution is 0.0757. The van der Waals surface area contributed by atoms with Gasteiger partial charge in [-0.2, -0.15) is 0 Å². The maximum absolute atomic E-state index is 5.97. The summed E-state index contributed by atoms with van der Waals surface area (Å²) >= 11 is 10.8. The van der Waals surface area contributed by atoms with Crippen LogP contribution in [-0.2, 0) is 5.60 Å². The summed E-state index contributed by atoms with van der Waals surface area (Å²) < 4.78 is 11.1. The molecule has 0 unspecified atom stereocenters. The highest BCUT2D eigenvalue weighted by Gasteiger charge is 2.28. The average molecular weight is 285 g/mol. The van der Waals surface area contributed by atoms with Crippen LogP contribution in [0.15, 0.2) is 22.6 Å². The first kappa shape index (κ1) is 13.1. The molecule has 96 valence electrons. The van der Waals surface area contributed by atoms with Gasteiger partial charge in [-0.05, 0) is 56.8 Å². The second-order valence-electron chi connectivity index (χ2n) is 4.44. The Hall–Kier alpha value is -1.33. The summed E-state index contributed by atoms with van der Waals surface area (Å²) in [4.78, 5) is 0.231. The van der Waals surface area contributed by atoms with E-state index in [0.717, 1.165) is 5.56 Å². The third-order valence-corrected chi connectivity index (χ3v) is 3.05. The molecular formula is C12H13ClN2O2S. The standard InChI is InChI=1S/C12H13ClN2O2S/c1-7-6-8(4-5-9(7)13)17-12(2,3)10-14-15-11(18)16-10/h4-6H,1-3H3,(H,15,18). The number of rotatable bonds is 3. The number of hydrogen-bond acceptors (Lipinski definition) is 4. The maximum atomic E-state index is 5.97. The molecule has 2 rings (SSSR count). The summed E-state index contributed by atoms with van der Waals surface area (Å²) in [7, 11) is 0. The zero-order valence-corrected chi connectivity index (χ0v) is 11.9. The first-order valence-corrected chi connectivity index (χ1v) is 6.18. The van der Waals surface area contributed by atoms with Crippen LogP contribution in [0.25, 0.3) is 0 Å². The number of nitrogens with one attached hydrogen (secondary N) is 1. The van der Waals surface area contributed by atoms with Gasteiger partial charge in [-0.1, -0.05) is 11.6 Å². The number of aryl methyl sites for hydroxylation is 1. The van der Waals surface area contributed by atoms with Gasteiger partial charge in [0.05, 0.1) is 0 Å². The number of halogens is 1. The minimum absolute atomic E-state index is 0.231. The van der Waals surface area contributed by atoms with Crippen LogP contribution in [0, 0.1) is 11.8 Å². The molecule has 0 aliphatic rings. The van der Waals surface area contributed by atoms with E-state index in [4.69, 9.17) is 33.0 Å². The van der Waals surface area contributed by atoms with E-state index in [1.54, 1.807) is 12.1 Å². The van der Waals surface area contributed by atoms with Gasteiger partial charge >= 0.3 is 0 Å². The molecule has 1 aromatic carbocycles. The van der Waals surface area contributed by atoms with Crippen LogP contribution in [0.3, 0.4) is 0 Å². The van der Waals surface area contributed by atoms with Crippen LogP contribution in [0.1, 0.15) is 25.3 Å². The molecule has 0 atom stereocenters. The molecule has 0 amide bonds. The van der Waals surface area contributed by atoms with E-state index in [1.807, 2.05) is 26.8 Å². The quantitative estimate of drug-likeness (QED) is 0.865. The number of aromatic nitrogens is 2. The number of aromatic amines is 1. The van der Waals surface area contributed by atoms with Gasteiger partial charge in [0.2, 0.25) is 0 Å². The topological polar surface area (TPSA) is 51.0 Å². The fraction of sp³-hybridized carbons (Fsp3) is 0.333. The Bertz CT molecular complexity index is 619. The van der Waals surface area contributed by atoms with E-state index >= 15 is 0 Å². The Kier molecular flexibility index (Phi) is 3.45. The van der Waals surface area contributed by atoms with Gasteiger partial charge in [0.1, 0.15) is 5.75 Å². The molecule has 1 heterocycles. The first-order chi connectivity index (χ1) is 8.38. The van der Waals surface area contributed by atoms with Crippen LogP contribution in [0.5, 0.6) is 5.75 Å². The molecule has 18 heavy (non-hydrogen) atoms. The zero-order chi connectivity index (χ0) is 13.3. The number of nitrogens with zero attached hydrogens (tertiary/aromatic N) is 1. The highest BCUT2D eigenvalue weighted by atomic mass is 35.5. The second-order valence-corrected chi connectivity index (χ2v) is 5.22. The molecule has 4 nitrogen and oxygen atoms in total. The molecule has 0 saturated carbocycles. The predicted molar refractivity (Wildman–Crippen MR) is 71.5 cm³/mol. The van der Waals surface area contributed by atoms with Crippen LogP contribution in [0.2, 0.25) is 5.02 Å². The van der Waals surface area contributed by atoms with Crippen molar-refractivity contribution in [2.24, 2.45) is 0 Å². The van der Waals surface area contributed by atoms with Crippen LogP contribution >= 0.6 is 23.8 Å². The van der Waals surface area contributed by atoms with Crippen molar-refractivity contribution in [2.45, 2.75) is 26.4 Å². The molecule has 0 radical (unpaired) electrons. The van der Waals surface area contributed by atoms with E-state index in [1.165, 1.54) is 0 Å². The molecule has 0 aliphatic carbocycles. The smallest absolute Gasteiger partial charge is 0.284 e. The largest absolute Gasteiger partial charge is 0.478 e. The Morgan fingerprint density at radius 3 is 2.72 bits per heavy atom. The second kappa shape index (κ2) is 4.74. The van der Waals surface area contributed by atoms with Crippen molar-refractivity contribution in [2.75, 3.05) is 0 Å². The lowest BCUT2D eigenvalue weighted by Gasteiger charge is -2.22. The van der Waals surface area contributed by atoms with Crippen molar-refractivity contribution >= 4 is 23.8 Å². The van der Waals surface area contributed by atoms with E-state index in [2.05, 4.69) is 10.2 Å². The lowest BCUT2D eigenvalue weighted by atomic mass is 10.1. The summed E-state index contributed by atoms with van der Waals surface area (Å²) in [5.74, 6) is 1.10. The fourth-order valence-electron chi connectivity index (χ4n) is 1.51. The van der Waals surface area contributed by atoms with Gasteiger partial charge in [0, 0.05) is 5.02 Å². The van der Waals surface area contributed by atoms with Crippen molar-refractivity contribution in [3.8, 4) is 5.75 Å². The molecule has 0 saturated heterocycles. The molecule has 1 N–H and O–H groups in total. The average Bonchev–Trinajstić information content (AvgIpc) is 2.71. The minimum atomic E-state index is -0.714. The predicted octanol–water partition coefficient (Wildman–Crippen LogP) is 4.01. The van der Waals surface area contributed by atoms with Crippen molar-refractivity contribution < 1.29 is 9.15 Å². The zero-order valence-electron chi connectivity index (χ0n) is 10.3. The van der Waals surface area contributed by atoms with Crippen molar-refractivity contribution in [1.82, 2.24) is 10.2 Å². The number of H-pyrrole nitrogens is 1. The third kappa shape index (κ3) is 2.73. The molecule has 0 aliphatic heterocycles. The van der Waals surface area contributed by atoms with Gasteiger partial charge < -0.3 is 9.15 Å². The number of benzene rings is 1. The van der Waals surface area contributed by atoms with Gasteiger partial charge in [0.25, 0.3) is 10.7 Å². The highest BCUT2D eigenvalue weighted by molar-refractivity contribution is 7.71. The van der Waals surface area contributed by atoms with Gasteiger partial charge in [-0.15, -0.1) is 5.10 Å². The maximum Gasteiger partial charge on any atom is 0.284 e. The Morgan fingerprint density at radius 1 is 1.44 bits per heavy atom. The van der Waals surface area contributed by atoms with Gasteiger partial charge in [0.15, 0.2) is 5.60 Å². The first-order valence-electron chi connectivity index (χ1n) is 5.39. The summed E-state index contributed by atoms with van der Waals surface area (Å²) in [6.07, 6.45) is 0. The van der Waals surface area contributed by atoms with Gasteiger partial charge in [-0.25, -0.2) is 5.10 Å². The molecule has 0 bridgehead atoms. The monoisotopic (exact) mass is 284 g/mol. The van der Waals surface area contributed by atoms with Crippen LogP contribution in [-0.4, -0.2) is 10.2 Å². The molecule has 1 aromatic heterocycles. The molecule has 0 fully saturated rings. The summed E-state index contributed by atoms with van der Waals surface area (Å²) in [5.41, 5.74) is 0.237. The SMILES string of the molecule is Cc1cc(OC(C)(C)c2n[nH]c(=S)o2)ccc1Cl. The van der Waals surface area contributed by atoms with Crippen LogP contribution < -0.4 is 4.74 Å². The van der Waals surface area contributed by atoms with Crippen molar-refractivity contribution in [1.29, 1.82) is 0 Å². The summed E-state index contributed by atoms with van der Waals surface area (Å²) in [6, 6.07) is 5.46. The molecular weight excluding hydrogens is 272 g/mol. The number of hydrogen-bond donors (Lipinski definition) is 1. The van der Waals surface area contributed by atoms with E-state index in [9.17, 15) is 0 Å². The number of ether oxygens (including phenoxy) is 1. The Morgan fingerprint density at radius 2 is 2.17 bits per heavy atom. The fourth-order valence-corrected chi connectivity index (χ4v) is 1.75. The Labute approximate surface area is 115 Å². The van der Waals surface area contributed by atoms with E-state index < -0.39 is 5.60 Å². The summed E-state index contributed by atoms with van der Waals surface area (Å²) in [6.45, 7) is 5.62. The highest BCUT2D eigenvalue weighted by Crippen LogP contribution is 2.28. The minimum Gasteiger partial charge on any atom is -0.478 e. The third-order valence-electron chi connectivity index (χ3n) is 2.46. The summed E-state index contributed by atoms with van der Waals surface area (Å²) in [5, 5.41) is 7.26. The lowest BCUT2D eigenvalue weighted by Crippen LogP contribution is -2.25.